The lowest BCUT2D eigenvalue weighted by molar-refractivity contribution is 0.101. The predicted molar refractivity (Wildman–Crippen MR) is 108 cm³/mol. The first kappa shape index (κ1) is 17.0. The van der Waals surface area contributed by atoms with Crippen molar-refractivity contribution in [1.82, 2.24) is 24.6 Å². The van der Waals surface area contributed by atoms with Crippen LogP contribution in [0.25, 0.3) is 17.0 Å². The van der Waals surface area contributed by atoms with E-state index in [-0.39, 0.29) is 5.82 Å². The maximum atomic E-state index is 12.5. The Hall–Kier alpha value is -3.13. The molecule has 8 heteroatoms. The number of anilines is 1. The third kappa shape index (κ3) is 3.05. The molecule has 0 bridgehead atoms. The highest BCUT2D eigenvalue weighted by Gasteiger charge is 2.17. The SMILES string of the molecule is Cc1ccnc2nc(C(=O)Nc3nc(-c4ccc5c(c4)CCCC5)cs3)nn12. The summed E-state index contributed by atoms with van der Waals surface area (Å²) in [5, 5.41) is 9.51. The van der Waals surface area contributed by atoms with Crippen LogP contribution >= 0.6 is 11.3 Å². The second kappa shape index (κ2) is 6.79. The Morgan fingerprint density at radius 2 is 2.00 bits per heavy atom. The van der Waals surface area contributed by atoms with E-state index in [0.29, 0.717) is 10.9 Å². The number of aryl methyl sites for hydroxylation is 3. The van der Waals surface area contributed by atoms with Crippen LogP contribution in [0.1, 0.15) is 40.3 Å². The topological polar surface area (TPSA) is 85.1 Å². The minimum Gasteiger partial charge on any atom is -0.295 e. The molecule has 0 saturated carbocycles. The van der Waals surface area contributed by atoms with Crippen molar-refractivity contribution in [1.29, 1.82) is 0 Å². The van der Waals surface area contributed by atoms with Crippen molar-refractivity contribution in [3.63, 3.8) is 0 Å². The monoisotopic (exact) mass is 390 g/mol. The Kier molecular flexibility index (Phi) is 4.12. The maximum Gasteiger partial charge on any atom is 0.297 e. The molecule has 1 amide bonds. The minimum absolute atomic E-state index is 0.0762. The van der Waals surface area contributed by atoms with Crippen LogP contribution in [0.3, 0.4) is 0 Å². The van der Waals surface area contributed by atoms with Crippen LogP contribution in [0, 0.1) is 6.92 Å². The van der Waals surface area contributed by atoms with Gasteiger partial charge >= 0.3 is 0 Å². The quantitative estimate of drug-likeness (QED) is 0.577. The minimum atomic E-state index is -0.392. The van der Waals surface area contributed by atoms with Crippen LogP contribution in [0.4, 0.5) is 5.13 Å². The molecule has 0 unspecified atom stereocenters. The van der Waals surface area contributed by atoms with Crippen molar-refractivity contribution >= 4 is 28.2 Å². The van der Waals surface area contributed by atoms with Crippen molar-refractivity contribution in [2.24, 2.45) is 0 Å². The molecule has 3 aromatic heterocycles. The van der Waals surface area contributed by atoms with Gasteiger partial charge in [0.25, 0.3) is 11.7 Å². The molecule has 5 rings (SSSR count). The van der Waals surface area contributed by atoms with Gasteiger partial charge in [0.05, 0.1) is 5.69 Å². The second-order valence-electron chi connectivity index (χ2n) is 6.92. The van der Waals surface area contributed by atoms with Gasteiger partial charge in [0, 0.05) is 22.8 Å². The Labute approximate surface area is 165 Å². The lowest BCUT2D eigenvalue weighted by Gasteiger charge is -2.16. The van der Waals surface area contributed by atoms with Gasteiger partial charge < -0.3 is 0 Å². The summed E-state index contributed by atoms with van der Waals surface area (Å²) < 4.78 is 1.55. The van der Waals surface area contributed by atoms with Crippen LogP contribution < -0.4 is 5.32 Å². The summed E-state index contributed by atoms with van der Waals surface area (Å²) in [6.45, 7) is 1.89. The molecule has 0 aliphatic heterocycles. The molecule has 1 N–H and O–H groups in total. The van der Waals surface area contributed by atoms with Gasteiger partial charge in [-0.25, -0.2) is 14.5 Å². The van der Waals surface area contributed by atoms with Crippen LogP contribution in [0.5, 0.6) is 0 Å². The summed E-state index contributed by atoms with van der Waals surface area (Å²) in [6.07, 6.45) is 6.45. The highest BCUT2D eigenvalue weighted by atomic mass is 32.1. The number of carbonyl (C=O) groups excluding carboxylic acids is 1. The molecule has 140 valence electrons. The third-order valence-electron chi connectivity index (χ3n) is 5.00. The molecule has 7 nitrogen and oxygen atoms in total. The van der Waals surface area contributed by atoms with Gasteiger partial charge in [0.15, 0.2) is 5.13 Å². The molecule has 0 saturated heterocycles. The van der Waals surface area contributed by atoms with E-state index in [2.05, 4.69) is 43.6 Å². The summed E-state index contributed by atoms with van der Waals surface area (Å²) in [6, 6.07) is 8.36. The predicted octanol–water partition coefficient (Wildman–Crippen LogP) is 3.69. The molecule has 3 heterocycles. The van der Waals surface area contributed by atoms with E-state index >= 15 is 0 Å². The lowest BCUT2D eigenvalue weighted by Crippen LogP contribution is -2.13. The van der Waals surface area contributed by atoms with Gasteiger partial charge in [0.1, 0.15) is 0 Å². The number of benzene rings is 1. The normalized spacial score (nSPS) is 13.5. The first-order valence-corrected chi connectivity index (χ1v) is 10.1. The Morgan fingerprint density at radius 1 is 1.14 bits per heavy atom. The van der Waals surface area contributed by atoms with E-state index in [1.165, 1.54) is 35.3 Å². The van der Waals surface area contributed by atoms with Gasteiger partial charge in [-0.3, -0.25) is 10.1 Å². The van der Waals surface area contributed by atoms with E-state index in [4.69, 9.17) is 0 Å². The van der Waals surface area contributed by atoms with Crippen molar-refractivity contribution in [3.05, 3.63) is 58.5 Å². The van der Waals surface area contributed by atoms with Crippen LogP contribution in [0.15, 0.2) is 35.8 Å². The zero-order chi connectivity index (χ0) is 19.1. The fraction of sp³-hybridized carbons (Fsp3) is 0.250. The molecule has 1 aromatic carbocycles. The van der Waals surface area contributed by atoms with Gasteiger partial charge in [0.2, 0.25) is 5.82 Å². The average molecular weight is 390 g/mol. The van der Waals surface area contributed by atoms with E-state index in [0.717, 1.165) is 29.8 Å². The maximum absolute atomic E-state index is 12.5. The Bertz CT molecular complexity index is 1190. The number of hydrogen-bond donors (Lipinski definition) is 1. The first-order chi connectivity index (χ1) is 13.7. The van der Waals surface area contributed by atoms with E-state index < -0.39 is 5.91 Å². The van der Waals surface area contributed by atoms with Crippen molar-refractivity contribution in [2.45, 2.75) is 32.6 Å². The molecule has 0 radical (unpaired) electrons. The molecular formula is C20H18N6OS. The van der Waals surface area contributed by atoms with Gasteiger partial charge in [-0.2, -0.15) is 4.98 Å². The molecule has 0 spiro atoms. The smallest absolute Gasteiger partial charge is 0.295 e. The molecule has 4 aromatic rings. The zero-order valence-electron chi connectivity index (χ0n) is 15.3. The van der Waals surface area contributed by atoms with Gasteiger partial charge in [-0.1, -0.05) is 12.1 Å². The fourth-order valence-electron chi connectivity index (χ4n) is 3.51. The summed E-state index contributed by atoms with van der Waals surface area (Å²) in [5.74, 6) is 0.0857. The zero-order valence-corrected chi connectivity index (χ0v) is 16.2. The molecule has 1 aliphatic rings. The van der Waals surface area contributed by atoms with E-state index in [1.807, 2.05) is 18.4 Å². The number of amides is 1. The molecule has 28 heavy (non-hydrogen) atoms. The van der Waals surface area contributed by atoms with E-state index in [9.17, 15) is 4.79 Å². The van der Waals surface area contributed by atoms with E-state index in [1.54, 1.807) is 10.7 Å². The van der Waals surface area contributed by atoms with Crippen LogP contribution in [-0.2, 0) is 12.8 Å². The number of rotatable bonds is 3. The summed E-state index contributed by atoms with van der Waals surface area (Å²) in [7, 11) is 0. The highest BCUT2D eigenvalue weighted by molar-refractivity contribution is 7.14. The first-order valence-electron chi connectivity index (χ1n) is 9.25. The number of nitrogens with one attached hydrogen (secondary N) is 1. The number of hydrogen-bond acceptors (Lipinski definition) is 6. The Morgan fingerprint density at radius 3 is 2.86 bits per heavy atom. The number of aromatic nitrogens is 5. The number of carbonyl (C=O) groups is 1. The largest absolute Gasteiger partial charge is 0.297 e. The second-order valence-corrected chi connectivity index (χ2v) is 7.77. The number of fused-ring (bicyclic) bond motifs is 2. The van der Waals surface area contributed by atoms with Crippen LogP contribution in [0.2, 0.25) is 0 Å². The average Bonchev–Trinajstić information content (AvgIpc) is 3.35. The molecule has 1 aliphatic carbocycles. The van der Waals surface area contributed by atoms with Crippen molar-refractivity contribution in [2.75, 3.05) is 5.32 Å². The molecule has 0 atom stereocenters. The van der Waals surface area contributed by atoms with Gasteiger partial charge in [-0.05, 0) is 55.9 Å². The standard InChI is InChI=1S/C20H18N6OS/c1-12-8-9-21-19-23-17(25-26(12)19)18(27)24-20-22-16(11-28-20)15-7-6-13-4-2-3-5-14(13)10-15/h6-11H,2-5H2,1H3,(H,22,24,27). The summed E-state index contributed by atoms with van der Waals surface area (Å²) in [5.41, 5.74) is 5.68. The van der Waals surface area contributed by atoms with Crippen LogP contribution in [-0.4, -0.2) is 30.5 Å². The summed E-state index contributed by atoms with van der Waals surface area (Å²) in [4.78, 5) is 25.4. The lowest BCUT2D eigenvalue weighted by atomic mass is 9.90. The molecular weight excluding hydrogens is 372 g/mol. The number of nitrogens with zero attached hydrogens (tertiary/aromatic N) is 5. The Balaban J connectivity index is 1.37. The van der Waals surface area contributed by atoms with Crippen molar-refractivity contribution in [3.8, 4) is 11.3 Å². The molecule has 0 fully saturated rings. The fourth-order valence-corrected chi connectivity index (χ4v) is 4.23. The van der Waals surface area contributed by atoms with Gasteiger partial charge in [-0.15, -0.1) is 16.4 Å². The third-order valence-corrected chi connectivity index (χ3v) is 5.76. The highest BCUT2D eigenvalue weighted by Crippen LogP contribution is 2.29. The summed E-state index contributed by atoms with van der Waals surface area (Å²) >= 11 is 1.39. The van der Waals surface area contributed by atoms with Crippen molar-refractivity contribution < 1.29 is 4.79 Å². The number of thiazole rings is 1.